The first kappa shape index (κ1) is 17.3. The molecule has 1 atom stereocenters. The SMILES string of the molecule is CC(Sc1nnc(NCc2ccco2)s1)C(=O)NC1CCCCC1. The summed E-state index contributed by atoms with van der Waals surface area (Å²) < 4.78 is 6.06. The Labute approximate surface area is 149 Å². The molecule has 1 amide bonds. The number of thioether (sulfide) groups is 1. The number of hydrogen-bond donors (Lipinski definition) is 2. The van der Waals surface area contributed by atoms with Crippen LogP contribution in [-0.2, 0) is 11.3 Å². The van der Waals surface area contributed by atoms with Crippen molar-refractivity contribution < 1.29 is 9.21 Å². The normalized spacial score (nSPS) is 16.7. The van der Waals surface area contributed by atoms with Crippen LogP contribution in [0.25, 0.3) is 0 Å². The van der Waals surface area contributed by atoms with Gasteiger partial charge in [-0.25, -0.2) is 0 Å². The van der Waals surface area contributed by atoms with E-state index < -0.39 is 0 Å². The number of carbonyl (C=O) groups excluding carboxylic acids is 1. The highest BCUT2D eigenvalue weighted by molar-refractivity contribution is 8.02. The molecule has 0 aliphatic heterocycles. The highest BCUT2D eigenvalue weighted by Crippen LogP contribution is 2.29. The van der Waals surface area contributed by atoms with Crippen molar-refractivity contribution in [1.29, 1.82) is 0 Å². The van der Waals surface area contributed by atoms with Gasteiger partial charge in [0, 0.05) is 6.04 Å². The lowest BCUT2D eigenvalue weighted by atomic mass is 9.95. The second-order valence-corrected chi connectivity index (χ2v) is 8.48. The Bertz CT molecular complexity index is 638. The topological polar surface area (TPSA) is 80.1 Å². The molecule has 0 radical (unpaired) electrons. The van der Waals surface area contributed by atoms with Crippen LogP contribution in [0, 0.1) is 0 Å². The molecule has 8 heteroatoms. The summed E-state index contributed by atoms with van der Waals surface area (Å²) in [5, 5.41) is 15.1. The van der Waals surface area contributed by atoms with E-state index in [9.17, 15) is 4.79 Å². The Morgan fingerprint density at radius 3 is 3.00 bits per heavy atom. The molecule has 0 bridgehead atoms. The molecule has 1 fully saturated rings. The van der Waals surface area contributed by atoms with Crippen LogP contribution in [0.4, 0.5) is 5.13 Å². The number of nitrogens with one attached hydrogen (secondary N) is 2. The lowest BCUT2D eigenvalue weighted by Gasteiger charge is -2.24. The molecule has 1 aliphatic carbocycles. The van der Waals surface area contributed by atoms with Crippen LogP contribution in [0.5, 0.6) is 0 Å². The third kappa shape index (κ3) is 4.98. The predicted octanol–water partition coefficient (Wildman–Crippen LogP) is 3.67. The molecule has 0 aromatic carbocycles. The molecule has 130 valence electrons. The minimum atomic E-state index is -0.169. The number of rotatable bonds is 7. The van der Waals surface area contributed by atoms with Gasteiger partial charge in [-0.3, -0.25) is 4.79 Å². The third-order valence-corrected chi connectivity index (χ3v) is 6.06. The smallest absolute Gasteiger partial charge is 0.233 e. The Morgan fingerprint density at radius 1 is 1.42 bits per heavy atom. The van der Waals surface area contributed by atoms with Crippen molar-refractivity contribution in [3.63, 3.8) is 0 Å². The average molecular weight is 367 g/mol. The Hall–Kier alpha value is -1.54. The molecule has 2 aromatic rings. The van der Waals surface area contributed by atoms with E-state index in [1.807, 2.05) is 19.1 Å². The van der Waals surface area contributed by atoms with Crippen LogP contribution in [-0.4, -0.2) is 27.4 Å². The number of anilines is 1. The van der Waals surface area contributed by atoms with E-state index in [-0.39, 0.29) is 11.2 Å². The first-order valence-corrected chi connectivity index (χ1v) is 9.97. The van der Waals surface area contributed by atoms with Crippen molar-refractivity contribution >= 4 is 34.1 Å². The van der Waals surface area contributed by atoms with Crippen LogP contribution in [0.15, 0.2) is 27.2 Å². The van der Waals surface area contributed by atoms with Gasteiger partial charge in [-0.15, -0.1) is 10.2 Å². The third-order valence-electron chi connectivity index (χ3n) is 4.00. The summed E-state index contributed by atoms with van der Waals surface area (Å²) in [6, 6.07) is 4.10. The monoisotopic (exact) mass is 366 g/mol. The van der Waals surface area contributed by atoms with E-state index in [4.69, 9.17) is 4.42 Å². The van der Waals surface area contributed by atoms with Crippen LogP contribution < -0.4 is 10.6 Å². The maximum atomic E-state index is 12.3. The number of carbonyl (C=O) groups is 1. The fourth-order valence-corrected chi connectivity index (χ4v) is 4.58. The van der Waals surface area contributed by atoms with Gasteiger partial charge in [0.2, 0.25) is 11.0 Å². The van der Waals surface area contributed by atoms with Crippen molar-refractivity contribution in [2.24, 2.45) is 0 Å². The molecule has 1 unspecified atom stereocenters. The molecule has 2 N–H and O–H groups in total. The van der Waals surface area contributed by atoms with Gasteiger partial charge >= 0.3 is 0 Å². The van der Waals surface area contributed by atoms with E-state index in [0.29, 0.717) is 12.6 Å². The summed E-state index contributed by atoms with van der Waals surface area (Å²) in [4.78, 5) is 12.3. The molecular formula is C16H22N4O2S2. The molecule has 1 aliphatic rings. The van der Waals surface area contributed by atoms with Gasteiger partial charge < -0.3 is 15.1 Å². The van der Waals surface area contributed by atoms with Crippen LogP contribution >= 0.6 is 23.1 Å². The second-order valence-electron chi connectivity index (χ2n) is 5.91. The second kappa shape index (κ2) is 8.53. The largest absolute Gasteiger partial charge is 0.467 e. The number of amides is 1. The highest BCUT2D eigenvalue weighted by Gasteiger charge is 2.21. The van der Waals surface area contributed by atoms with Crippen LogP contribution in [0.1, 0.15) is 44.8 Å². The molecular weight excluding hydrogens is 344 g/mol. The standard InChI is InChI=1S/C16H22N4O2S2/c1-11(14(21)18-12-6-3-2-4-7-12)23-16-20-19-15(24-16)17-10-13-8-5-9-22-13/h5,8-9,11-12H,2-4,6-7,10H2,1H3,(H,17,19)(H,18,21). The number of nitrogens with zero attached hydrogens (tertiary/aromatic N) is 2. The fraction of sp³-hybridized carbons (Fsp3) is 0.562. The molecule has 2 heterocycles. The van der Waals surface area contributed by atoms with Gasteiger partial charge in [-0.1, -0.05) is 42.4 Å². The maximum Gasteiger partial charge on any atom is 0.233 e. The van der Waals surface area contributed by atoms with Crippen LogP contribution in [0.2, 0.25) is 0 Å². The summed E-state index contributed by atoms with van der Waals surface area (Å²) in [5.74, 6) is 0.937. The highest BCUT2D eigenvalue weighted by atomic mass is 32.2. The van der Waals surface area contributed by atoms with E-state index in [1.54, 1.807) is 6.26 Å². The zero-order chi connectivity index (χ0) is 16.8. The predicted molar refractivity (Wildman–Crippen MR) is 96.3 cm³/mol. The van der Waals surface area contributed by atoms with Crippen molar-refractivity contribution in [2.45, 2.75) is 61.2 Å². The molecule has 0 spiro atoms. The summed E-state index contributed by atoms with van der Waals surface area (Å²) in [6.07, 6.45) is 7.56. The van der Waals surface area contributed by atoms with Crippen LogP contribution in [0.3, 0.4) is 0 Å². The van der Waals surface area contributed by atoms with Gasteiger partial charge in [0.05, 0.1) is 18.1 Å². The zero-order valence-corrected chi connectivity index (χ0v) is 15.3. The lowest BCUT2D eigenvalue weighted by molar-refractivity contribution is -0.121. The minimum Gasteiger partial charge on any atom is -0.467 e. The molecule has 2 aromatic heterocycles. The molecule has 3 rings (SSSR count). The number of hydrogen-bond acceptors (Lipinski definition) is 7. The van der Waals surface area contributed by atoms with Gasteiger partial charge in [0.1, 0.15) is 5.76 Å². The van der Waals surface area contributed by atoms with E-state index in [0.717, 1.165) is 28.1 Å². The number of aromatic nitrogens is 2. The minimum absolute atomic E-state index is 0.0900. The van der Waals surface area contributed by atoms with E-state index in [2.05, 4.69) is 20.8 Å². The number of furan rings is 1. The maximum absolute atomic E-state index is 12.3. The van der Waals surface area contributed by atoms with Gasteiger partial charge in [0.25, 0.3) is 0 Å². The van der Waals surface area contributed by atoms with Gasteiger partial charge in [-0.05, 0) is 31.9 Å². The average Bonchev–Trinajstić information content (AvgIpc) is 3.25. The molecule has 24 heavy (non-hydrogen) atoms. The Kier molecular flexibility index (Phi) is 6.14. The summed E-state index contributed by atoms with van der Waals surface area (Å²) in [6.45, 7) is 2.49. The Morgan fingerprint density at radius 2 is 2.25 bits per heavy atom. The summed E-state index contributed by atoms with van der Waals surface area (Å²) in [7, 11) is 0. The zero-order valence-electron chi connectivity index (χ0n) is 13.7. The van der Waals surface area contributed by atoms with Crippen molar-refractivity contribution in [2.75, 3.05) is 5.32 Å². The summed E-state index contributed by atoms with van der Waals surface area (Å²) in [5.41, 5.74) is 0. The first-order valence-electron chi connectivity index (χ1n) is 8.27. The van der Waals surface area contributed by atoms with E-state index in [1.165, 1.54) is 42.4 Å². The van der Waals surface area contributed by atoms with E-state index >= 15 is 0 Å². The first-order chi connectivity index (χ1) is 11.7. The van der Waals surface area contributed by atoms with Crippen molar-refractivity contribution in [1.82, 2.24) is 15.5 Å². The Balaban J connectivity index is 1.45. The molecule has 6 nitrogen and oxygen atoms in total. The fourth-order valence-electron chi connectivity index (χ4n) is 2.67. The summed E-state index contributed by atoms with van der Waals surface area (Å²) >= 11 is 2.91. The van der Waals surface area contributed by atoms with Crippen molar-refractivity contribution in [3.05, 3.63) is 24.2 Å². The molecule has 1 saturated carbocycles. The lowest BCUT2D eigenvalue weighted by Crippen LogP contribution is -2.40. The van der Waals surface area contributed by atoms with Gasteiger partial charge in [-0.2, -0.15) is 0 Å². The van der Waals surface area contributed by atoms with Crippen molar-refractivity contribution in [3.8, 4) is 0 Å². The molecule has 0 saturated heterocycles. The van der Waals surface area contributed by atoms with Gasteiger partial charge in [0.15, 0.2) is 4.34 Å². The quantitative estimate of drug-likeness (QED) is 0.728.